The van der Waals surface area contributed by atoms with Crippen molar-refractivity contribution < 1.29 is 27.6 Å². The van der Waals surface area contributed by atoms with Gasteiger partial charge in [0, 0.05) is 28.8 Å². The average molecular weight is 442 g/mol. The predicted molar refractivity (Wildman–Crippen MR) is 108 cm³/mol. The van der Waals surface area contributed by atoms with Crippen LogP contribution < -0.4 is 5.32 Å². The predicted octanol–water partition coefficient (Wildman–Crippen LogP) is 4.31. The molecule has 0 radical (unpaired) electrons. The first-order valence-electron chi connectivity index (χ1n) is 8.63. The van der Waals surface area contributed by atoms with Gasteiger partial charge in [-0.25, -0.2) is 0 Å². The van der Waals surface area contributed by atoms with Gasteiger partial charge in [0.05, 0.1) is 11.8 Å². The van der Waals surface area contributed by atoms with Gasteiger partial charge in [-0.3, -0.25) is 4.79 Å². The van der Waals surface area contributed by atoms with Crippen LogP contribution in [0.15, 0.2) is 46.7 Å². The highest BCUT2D eigenvalue weighted by Gasteiger charge is 2.33. The van der Waals surface area contributed by atoms with Crippen LogP contribution in [0.1, 0.15) is 27.8 Å². The van der Waals surface area contributed by atoms with Crippen LogP contribution in [-0.2, 0) is 27.3 Å². The van der Waals surface area contributed by atoms with E-state index in [4.69, 9.17) is 21.3 Å². The zero-order chi connectivity index (χ0) is 22.3. The minimum absolute atomic E-state index is 0.0282. The molecule has 0 unspecified atom stereocenters. The van der Waals surface area contributed by atoms with Crippen molar-refractivity contribution >= 4 is 29.4 Å². The molecule has 2 aromatic carbocycles. The summed E-state index contributed by atoms with van der Waals surface area (Å²) < 4.78 is 39.4. The van der Waals surface area contributed by atoms with Gasteiger partial charge in [-0.15, -0.1) is 0 Å². The molecule has 0 bridgehead atoms. The fourth-order valence-corrected chi connectivity index (χ4v) is 2.81. The van der Waals surface area contributed by atoms with Crippen LogP contribution >= 0.6 is 11.6 Å². The number of hydrogen-bond acceptors (Lipinski definition) is 5. The Kier molecular flexibility index (Phi) is 7.82. The van der Waals surface area contributed by atoms with Gasteiger partial charge in [0.15, 0.2) is 5.71 Å². The molecule has 160 valence electrons. The third kappa shape index (κ3) is 5.73. The first-order valence-corrected chi connectivity index (χ1v) is 9.01. The van der Waals surface area contributed by atoms with Crippen molar-refractivity contribution in [3.8, 4) is 0 Å². The molecule has 0 atom stereocenters. The van der Waals surface area contributed by atoms with Crippen molar-refractivity contribution in [2.45, 2.75) is 19.7 Å². The molecule has 0 spiro atoms. The fourth-order valence-electron chi connectivity index (χ4n) is 2.63. The van der Waals surface area contributed by atoms with Crippen molar-refractivity contribution in [2.75, 3.05) is 14.2 Å². The summed E-state index contributed by atoms with van der Waals surface area (Å²) in [6.07, 6.45) is -3.62. The summed E-state index contributed by atoms with van der Waals surface area (Å²) >= 11 is 5.79. The van der Waals surface area contributed by atoms with Gasteiger partial charge in [0.2, 0.25) is 0 Å². The minimum Gasteiger partial charge on any atom is -0.398 e. The van der Waals surface area contributed by atoms with Gasteiger partial charge in [0.25, 0.3) is 5.91 Å². The largest absolute Gasteiger partial charge is 0.417 e. The SMILES string of the molecule is CNC(=O)/C(=N/OC)c1cccc(C)c1CO/N=C/c1cc(Cl)ccc1C(F)(F)F. The zero-order valence-electron chi connectivity index (χ0n) is 16.4. The van der Waals surface area contributed by atoms with E-state index in [1.54, 1.807) is 25.1 Å². The van der Waals surface area contributed by atoms with E-state index >= 15 is 0 Å². The summed E-state index contributed by atoms with van der Waals surface area (Å²) in [5.41, 5.74) is 0.716. The van der Waals surface area contributed by atoms with Crippen molar-refractivity contribution in [3.63, 3.8) is 0 Å². The first-order chi connectivity index (χ1) is 14.2. The average Bonchev–Trinajstić information content (AvgIpc) is 2.69. The van der Waals surface area contributed by atoms with E-state index in [0.29, 0.717) is 11.1 Å². The maximum absolute atomic E-state index is 13.1. The molecular weight excluding hydrogens is 423 g/mol. The number of nitrogens with zero attached hydrogens (tertiary/aromatic N) is 2. The lowest BCUT2D eigenvalue weighted by Crippen LogP contribution is -2.29. The van der Waals surface area contributed by atoms with E-state index in [1.807, 2.05) is 0 Å². The number of likely N-dealkylation sites (N-methyl/N-ethyl adjacent to an activating group) is 1. The van der Waals surface area contributed by atoms with Crippen LogP contribution in [0.25, 0.3) is 0 Å². The number of alkyl halides is 3. The van der Waals surface area contributed by atoms with Crippen LogP contribution in [0.3, 0.4) is 0 Å². The third-order valence-electron chi connectivity index (χ3n) is 4.08. The van der Waals surface area contributed by atoms with Crippen molar-refractivity contribution in [3.05, 3.63) is 69.2 Å². The molecule has 0 aliphatic carbocycles. The van der Waals surface area contributed by atoms with E-state index in [-0.39, 0.29) is 22.9 Å². The molecule has 0 saturated carbocycles. The van der Waals surface area contributed by atoms with Crippen molar-refractivity contribution in [1.82, 2.24) is 5.32 Å². The van der Waals surface area contributed by atoms with Crippen LogP contribution in [-0.4, -0.2) is 32.0 Å². The number of halogens is 4. The molecule has 0 aromatic heterocycles. The Bertz CT molecular complexity index is 975. The number of oxime groups is 2. The molecule has 1 N–H and O–H groups in total. The molecule has 0 fully saturated rings. The minimum atomic E-state index is -4.56. The molecule has 0 aliphatic rings. The Labute approximate surface area is 176 Å². The number of aryl methyl sites for hydroxylation is 1. The Morgan fingerprint density at radius 3 is 2.63 bits per heavy atom. The van der Waals surface area contributed by atoms with Gasteiger partial charge in [-0.05, 0) is 30.7 Å². The highest BCUT2D eigenvalue weighted by molar-refractivity contribution is 6.45. The highest BCUT2D eigenvalue weighted by atomic mass is 35.5. The van der Waals surface area contributed by atoms with Gasteiger partial charge < -0.3 is 15.0 Å². The van der Waals surface area contributed by atoms with Crippen LogP contribution in [0.2, 0.25) is 5.02 Å². The summed E-state index contributed by atoms with van der Waals surface area (Å²) in [5, 5.41) is 10.0. The molecule has 0 saturated heterocycles. The lowest BCUT2D eigenvalue weighted by atomic mass is 9.98. The molecule has 2 rings (SSSR count). The normalized spacial score (nSPS) is 12.2. The van der Waals surface area contributed by atoms with E-state index in [2.05, 4.69) is 15.6 Å². The van der Waals surface area contributed by atoms with Gasteiger partial charge >= 0.3 is 6.18 Å². The molecule has 0 heterocycles. The summed E-state index contributed by atoms with van der Waals surface area (Å²) in [5.74, 6) is -0.471. The second-order valence-electron chi connectivity index (χ2n) is 6.04. The molecule has 2 aromatic rings. The number of rotatable bonds is 7. The lowest BCUT2D eigenvalue weighted by Gasteiger charge is -2.13. The van der Waals surface area contributed by atoms with Crippen LogP contribution in [0, 0.1) is 6.92 Å². The van der Waals surface area contributed by atoms with Gasteiger partial charge in [-0.1, -0.05) is 40.1 Å². The Morgan fingerprint density at radius 1 is 1.27 bits per heavy atom. The maximum atomic E-state index is 13.1. The standard InChI is InChI=1S/C20H19ClF3N3O3/c1-12-5-4-6-15(18(27-29-3)19(28)25-2)16(12)11-30-26-10-13-9-14(21)7-8-17(13)20(22,23)24/h4-10H,11H2,1-3H3,(H,25,28)/b26-10+,27-18+. The molecule has 30 heavy (non-hydrogen) atoms. The lowest BCUT2D eigenvalue weighted by molar-refractivity contribution is -0.137. The third-order valence-corrected chi connectivity index (χ3v) is 4.32. The van der Waals surface area contributed by atoms with E-state index in [9.17, 15) is 18.0 Å². The van der Waals surface area contributed by atoms with E-state index in [0.717, 1.165) is 30.0 Å². The molecular formula is C20H19ClF3N3O3. The summed E-state index contributed by atoms with van der Waals surface area (Å²) in [7, 11) is 2.76. The summed E-state index contributed by atoms with van der Waals surface area (Å²) in [6.45, 7) is 1.68. The number of nitrogens with one attached hydrogen (secondary N) is 1. The number of carbonyl (C=O) groups excluding carboxylic acids is 1. The maximum Gasteiger partial charge on any atom is 0.417 e. The number of hydrogen-bond donors (Lipinski definition) is 1. The summed E-state index contributed by atoms with van der Waals surface area (Å²) in [6, 6.07) is 8.34. The molecule has 10 heteroatoms. The van der Waals surface area contributed by atoms with Gasteiger partial charge in [0.1, 0.15) is 13.7 Å². The monoisotopic (exact) mass is 441 g/mol. The molecule has 1 amide bonds. The van der Waals surface area contributed by atoms with E-state index < -0.39 is 17.6 Å². The Balaban J connectivity index is 2.29. The highest BCUT2D eigenvalue weighted by Crippen LogP contribution is 2.32. The second-order valence-corrected chi connectivity index (χ2v) is 6.48. The quantitative estimate of drug-likeness (QED) is 0.514. The summed E-state index contributed by atoms with van der Waals surface area (Å²) in [4.78, 5) is 22.1. The number of amides is 1. The second kappa shape index (κ2) is 10.1. The van der Waals surface area contributed by atoms with Crippen LogP contribution in [0.4, 0.5) is 13.2 Å². The number of benzene rings is 2. The Morgan fingerprint density at radius 2 is 2.00 bits per heavy atom. The Hall–Kier alpha value is -3.07. The van der Waals surface area contributed by atoms with Gasteiger partial charge in [-0.2, -0.15) is 13.2 Å². The van der Waals surface area contributed by atoms with E-state index in [1.165, 1.54) is 14.2 Å². The number of carbonyl (C=O) groups is 1. The first kappa shape index (κ1) is 23.2. The molecule has 6 nitrogen and oxygen atoms in total. The van der Waals surface area contributed by atoms with Crippen molar-refractivity contribution in [1.29, 1.82) is 0 Å². The zero-order valence-corrected chi connectivity index (χ0v) is 17.1. The fraction of sp³-hybridized carbons (Fsp3) is 0.250. The topological polar surface area (TPSA) is 72.3 Å². The van der Waals surface area contributed by atoms with Crippen molar-refractivity contribution in [2.24, 2.45) is 10.3 Å². The molecule has 0 aliphatic heterocycles. The van der Waals surface area contributed by atoms with Crippen LogP contribution in [0.5, 0.6) is 0 Å². The smallest absolute Gasteiger partial charge is 0.398 e.